The number of halogens is 1. The number of carbonyl (C=O) groups excluding carboxylic acids is 1. The molecule has 6 nitrogen and oxygen atoms in total. The van der Waals surface area contributed by atoms with Gasteiger partial charge in [-0.05, 0) is 11.6 Å². The molecule has 7 heteroatoms. The number of ether oxygens (including phenoxy) is 3. The fourth-order valence-corrected chi connectivity index (χ4v) is 3.42. The maximum atomic E-state index is 12.4. The van der Waals surface area contributed by atoms with E-state index in [0.717, 1.165) is 5.56 Å². The highest BCUT2D eigenvalue weighted by Gasteiger charge is 2.62. The summed E-state index contributed by atoms with van der Waals surface area (Å²) in [6.07, 6.45) is 6.03. The van der Waals surface area contributed by atoms with Crippen LogP contribution < -0.4 is 0 Å². The van der Waals surface area contributed by atoms with Gasteiger partial charge in [0.05, 0.1) is 12.1 Å². The third-order valence-electron chi connectivity index (χ3n) is 4.46. The Morgan fingerprint density at radius 1 is 1.32 bits per heavy atom. The third-order valence-corrected chi connectivity index (χ3v) is 4.74. The summed E-state index contributed by atoms with van der Waals surface area (Å²) in [7, 11) is 4.51. The number of aromatic nitrogens is 2. The molecular formula is C15H17ClN2O4. The van der Waals surface area contributed by atoms with E-state index in [4.69, 9.17) is 25.8 Å². The Balaban J connectivity index is 2.08. The smallest absolute Gasteiger partial charge is 0.316 e. The molecule has 2 aromatic rings. The molecule has 118 valence electrons. The van der Waals surface area contributed by atoms with Gasteiger partial charge in [-0.15, -0.1) is 0 Å². The van der Waals surface area contributed by atoms with E-state index in [-0.39, 0.29) is 5.97 Å². The highest BCUT2D eigenvalue weighted by atomic mass is 35.5. The number of imidazole rings is 1. The van der Waals surface area contributed by atoms with Gasteiger partial charge in [-0.1, -0.05) is 11.6 Å². The third kappa shape index (κ3) is 2.02. The van der Waals surface area contributed by atoms with Crippen molar-refractivity contribution in [3.8, 4) is 0 Å². The molecule has 1 saturated carbocycles. The van der Waals surface area contributed by atoms with E-state index in [1.165, 1.54) is 7.11 Å². The molecule has 0 aromatic carbocycles. The van der Waals surface area contributed by atoms with Crippen molar-refractivity contribution in [2.45, 2.75) is 24.0 Å². The number of hydrogen-bond donors (Lipinski definition) is 0. The van der Waals surface area contributed by atoms with Gasteiger partial charge in [0, 0.05) is 45.7 Å². The second-order valence-electron chi connectivity index (χ2n) is 5.48. The van der Waals surface area contributed by atoms with Crippen LogP contribution in [0.5, 0.6) is 0 Å². The molecule has 0 saturated heterocycles. The Labute approximate surface area is 132 Å². The molecule has 1 aliphatic rings. The van der Waals surface area contributed by atoms with Crippen molar-refractivity contribution in [2.24, 2.45) is 0 Å². The molecule has 2 aromatic heterocycles. The lowest BCUT2D eigenvalue weighted by Gasteiger charge is -2.52. The van der Waals surface area contributed by atoms with E-state index in [9.17, 15) is 4.79 Å². The number of esters is 1. The number of hydrogen-bond acceptors (Lipinski definition) is 5. The minimum absolute atomic E-state index is 0.326. The Morgan fingerprint density at radius 2 is 2.00 bits per heavy atom. The maximum Gasteiger partial charge on any atom is 0.316 e. The topological polar surface area (TPSA) is 62.1 Å². The molecule has 0 bridgehead atoms. The lowest BCUT2D eigenvalue weighted by atomic mass is 9.60. The van der Waals surface area contributed by atoms with Gasteiger partial charge in [0.25, 0.3) is 0 Å². The van der Waals surface area contributed by atoms with Crippen LogP contribution in [-0.2, 0) is 24.4 Å². The summed E-state index contributed by atoms with van der Waals surface area (Å²) >= 11 is 6.28. The molecule has 0 atom stereocenters. The summed E-state index contributed by atoms with van der Waals surface area (Å²) in [6.45, 7) is 0. The first-order chi connectivity index (χ1) is 10.5. The van der Waals surface area contributed by atoms with Crippen molar-refractivity contribution >= 4 is 23.2 Å². The van der Waals surface area contributed by atoms with Crippen LogP contribution in [-0.4, -0.2) is 42.5 Å². The molecule has 0 aliphatic heterocycles. The summed E-state index contributed by atoms with van der Waals surface area (Å²) in [5.74, 6) is -1.10. The highest BCUT2D eigenvalue weighted by molar-refractivity contribution is 6.33. The first-order valence-corrected chi connectivity index (χ1v) is 7.19. The van der Waals surface area contributed by atoms with Crippen LogP contribution in [0.4, 0.5) is 0 Å². The summed E-state index contributed by atoms with van der Waals surface area (Å²) in [6, 6.07) is 1.76. The van der Waals surface area contributed by atoms with Gasteiger partial charge >= 0.3 is 5.97 Å². The molecule has 1 aliphatic carbocycles. The number of pyridine rings is 1. The van der Waals surface area contributed by atoms with Crippen LogP contribution >= 0.6 is 11.6 Å². The van der Waals surface area contributed by atoms with Gasteiger partial charge < -0.3 is 18.6 Å². The monoisotopic (exact) mass is 324 g/mol. The van der Waals surface area contributed by atoms with Crippen LogP contribution in [0.25, 0.3) is 5.65 Å². The number of rotatable bonds is 4. The molecule has 0 spiro atoms. The average molecular weight is 325 g/mol. The SMILES string of the molecule is COC(=O)C1(c2cc(Cl)c3nccn3c2)CC(OC)(OC)C1. The molecular weight excluding hydrogens is 308 g/mol. The summed E-state index contributed by atoms with van der Waals surface area (Å²) in [5.41, 5.74) is 0.581. The first-order valence-electron chi connectivity index (χ1n) is 6.82. The highest BCUT2D eigenvalue weighted by Crippen LogP contribution is 2.53. The van der Waals surface area contributed by atoms with Crippen LogP contribution in [0.15, 0.2) is 24.7 Å². The Bertz CT molecular complexity index is 715. The average Bonchev–Trinajstić information content (AvgIpc) is 2.96. The largest absolute Gasteiger partial charge is 0.468 e. The van der Waals surface area contributed by atoms with Gasteiger partial charge in [0.1, 0.15) is 5.41 Å². The Hall–Kier alpha value is -1.63. The second kappa shape index (κ2) is 5.22. The molecule has 2 heterocycles. The van der Waals surface area contributed by atoms with Crippen molar-refractivity contribution in [3.63, 3.8) is 0 Å². The van der Waals surface area contributed by atoms with Crippen LogP contribution in [0.1, 0.15) is 18.4 Å². The predicted octanol–water partition coefficient (Wildman–Crippen LogP) is 2.18. The molecule has 3 rings (SSSR count). The lowest BCUT2D eigenvalue weighted by Crippen LogP contribution is -2.61. The van der Waals surface area contributed by atoms with Gasteiger partial charge in [-0.2, -0.15) is 0 Å². The fraction of sp³-hybridized carbons (Fsp3) is 0.467. The number of carbonyl (C=O) groups is 1. The van der Waals surface area contributed by atoms with E-state index >= 15 is 0 Å². The Kier molecular flexibility index (Phi) is 3.63. The predicted molar refractivity (Wildman–Crippen MR) is 79.9 cm³/mol. The molecule has 0 unspecified atom stereocenters. The van der Waals surface area contributed by atoms with Crippen LogP contribution in [0, 0.1) is 0 Å². The summed E-state index contributed by atoms with van der Waals surface area (Å²) in [4.78, 5) is 16.6. The van der Waals surface area contributed by atoms with E-state index in [0.29, 0.717) is 23.5 Å². The van der Waals surface area contributed by atoms with Crippen molar-refractivity contribution in [1.29, 1.82) is 0 Å². The lowest BCUT2D eigenvalue weighted by molar-refractivity contribution is -0.278. The fourth-order valence-electron chi connectivity index (χ4n) is 3.15. The zero-order chi connectivity index (χ0) is 16.0. The molecule has 22 heavy (non-hydrogen) atoms. The van der Waals surface area contributed by atoms with E-state index < -0.39 is 11.2 Å². The number of methoxy groups -OCH3 is 3. The first kappa shape index (κ1) is 15.3. The van der Waals surface area contributed by atoms with E-state index in [2.05, 4.69) is 4.98 Å². The molecule has 1 fully saturated rings. The van der Waals surface area contributed by atoms with Crippen molar-refractivity contribution in [3.05, 3.63) is 35.2 Å². The molecule has 0 N–H and O–H groups in total. The Morgan fingerprint density at radius 3 is 2.59 bits per heavy atom. The van der Waals surface area contributed by atoms with Crippen LogP contribution in [0.2, 0.25) is 5.02 Å². The summed E-state index contributed by atoms with van der Waals surface area (Å²) < 4.78 is 17.6. The normalized spacial score (nSPS) is 18.9. The minimum atomic E-state index is -0.830. The number of fused-ring (bicyclic) bond motifs is 1. The zero-order valence-electron chi connectivity index (χ0n) is 12.6. The van der Waals surface area contributed by atoms with Crippen molar-refractivity contribution in [2.75, 3.05) is 21.3 Å². The van der Waals surface area contributed by atoms with E-state index in [1.807, 2.05) is 6.20 Å². The second-order valence-corrected chi connectivity index (χ2v) is 5.89. The maximum absolute atomic E-state index is 12.4. The summed E-state index contributed by atoms with van der Waals surface area (Å²) in [5, 5.41) is 0.484. The number of nitrogens with zero attached hydrogens (tertiary/aromatic N) is 2. The van der Waals surface area contributed by atoms with E-state index in [1.54, 1.807) is 37.1 Å². The van der Waals surface area contributed by atoms with Gasteiger partial charge in [-0.25, -0.2) is 4.98 Å². The zero-order valence-corrected chi connectivity index (χ0v) is 13.4. The molecule has 0 radical (unpaired) electrons. The van der Waals surface area contributed by atoms with Gasteiger partial charge in [-0.3, -0.25) is 4.79 Å². The molecule has 0 amide bonds. The standard InChI is InChI=1S/C15H17ClN2O4/c1-20-13(19)14(8-15(9-14,21-2)22-3)10-6-11(16)12-17-4-5-18(12)7-10/h4-7H,8-9H2,1-3H3. The minimum Gasteiger partial charge on any atom is -0.468 e. The van der Waals surface area contributed by atoms with Gasteiger partial charge in [0.2, 0.25) is 0 Å². The van der Waals surface area contributed by atoms with Crippen molar-refractivity contribution in [1.82, 2.24) is 9.38 Å². The quantitative estimate of drug-likeness (QED) is 0.637. The van der Waals surface area contributed by atoms with Crippen molar-refractivity contribution < 1.29 is 19.0 Å². The van der Waals surface area contributed by atoms with Crippen LogP contribution in [0.3, 0.4) is 0 Å². The van der Waals surface area contributed by atoms with Gasteiger partial charge in [0.15, 0.2) is 11.4 Å².